The highest BCUT2D eigenvalue weighted by Gasteiger charge is 2.39. The molecule has 0 saturated carbocycles. The zero-order valence-electron chi connectivity index (χ0n) is 14.1. The van der Waals surface area contributed by atoms with Gasteiger partial charge >= 0.3 is 13.9 Å². The second-order valence-corrected chi connectivity index (χ2v) is 7.62. The smallest absolute Gasteiger partial charge is 0.444 e. The maximum Gasteiger partial charge on any atom is 0.543 e. The third kappa shape index (κ3) is 3.98. The van der Waals surface area contributed by atoms with Crippen molar-refractivity contribution in [2.24, 2.45) is 5.92 Å². The number of ether oxygens (including phenoxy) is 2. The zero-order chi connectivity index (χ0) is 18.2. The Balaban J connectivity index is 1.82. The Bertz CT molecular complexity index is 680. The number of carbonyl (C=O) groups excluding carboxylic acids is 1. The zero-order valence-corrected chi connectivity index (χ0v) is 15.0. The number of fused-ring (bicyclic) bond motifs is 1. The minimum atomic E-state index is -4.69. The summed E-state index contributed by atoms with van der Waals surface area (Å²) in [5.41, 5.74) is 1.12. The fourth-order valence-corrected chi connectivity index (χ4v) is 3.62. The van der Waals surface area contributed by atoms with Crippen LogP contribution in [0.15, 0.2) is 6.33 Å². The second-order valence-electron chi connectivity index (χ2n) is 6.48. The van der Waals surface area contributed by atoms with E-state index in [0.29, 0.717) is 44.0 Å². The van der Waals surface area contributed by atoms with E-state index in [2.05, 4.69) is 9.61 Å². The van der Waals surface area contributed by atoms with E-state index < -0.39 is 13.9 Å². The van der Waals surface area contributed by atoms with Gasteiger partial charge in [0.05, 0.1) is 30.6 Å². The van der Waals surface area contributed by atoms with Crippen LogP contribution in [0.5, 0.6) is 0 Å². The van der Waals surface area contributed by atoms with Gasteiger partial charge in [-0.3, -0.25) is 14.7 Å². The quantitative estimate of drug-likeness (QED) is 0.744. The lowest BCUT2D eigenvalue weighted by molar-refractivity contribution is 0.0334. The Labute approximate surface area is 144 Å². The summed E-state index contributed by atoms with van der Waals surface area (Å²) in [6.07, 6.45) is 1.60. The number of rotatable bonds is 4. The fraction of sp³-hybridized carbons (Fsp3) is 0.714. The first-order valence-corrected chi connectivity index (χ1v) is 9.66. The Morgan fingerprint density at radius 2 is 2.24 bits per heavy atom. The van der Waals surface area contributed by atoms with E-state index in [-0.39, 0.29) is 18.1 Å². The van der Waals surface area contributed by atoms with Crippen molar-refractivity contribution in [1.82, 2.24) is 14.6 Å². The molecule has 2 atom stereocenters. The predicted molar refractivity (Wildman–Crippen MR) is 84.5 cm³/mol. The number of nitrogens with zero attached hydrogens (tertiary/aromatic N) is 3. The Morgan fingerprint density at radius 3 is 2.84 bits per heavy atom. The van der Waals surface area contributed by atoms with Gasteiger partial charge in [0, 0.05) is 19.4 Å². The first kappa shape index (κ1) is 18.2. The summed E-state index contributed by atoms with van der Waals surface area (Å²) in [5, 5.41) is 0. The number of aromatic nitrogens is 2. The summed E-state index contributed by atoms with van der Waals surface area (Å²) >= 11 is 0. The van der Waals surface area contributed by atoms with Crippen LogP contribution in [0.2, 0.25) is 0 Å². The summed E-state index contributed by atoms with van der Waals surface area (Å²) in [7, 11) is -4.69. The van der Waals surface area contributed by atoms with E-state index in [1.165, 1.54) is 6.33 Å². The number of amides is 1. The third-order valence-electron chi connectivity index (χ3n) is 4.28. The molecule has 0 bridgehead atoms. The average Bonchev–Trinajstić information content (AvgIpc) is 3.14. The van der Waals surface area contributed by atoms with Crippen LogP contribution in [0, 0.1) is 5.92 Å². The molecule has 1 saturated heterocycles. The number of carbonyl (C=O) groups is 1. The van der Waals surface area contributed by atoms with E-state index in [1.807, 2.05) is 13.8 Å². The van der Waals surface area contributed by atoms with Crippen molar-refractivity contribution in [3.8, 4) is 0 Å². The van der Waals surface area contributed by atoms with Crippen LogP contribution in [0.3, 0.4) is 0 Å². The molecule has 140 valence electrons. The number of hydrogen-bond donors (Lipinski definition) is 2. The van der Waals surface area contributed by atoms with Gasteiger partial charge in [0.25, 0.3) is 0 Å². The highest BCUT2D eigenvalue weighted by Crippen LogP contribution is 2.37. The molecule has 25 heavy (non-hydrogen) atoms. The highest BCUT2D eigenvalue weighted by molar-refractivity contribution is 7.46. The summed E-state index contributed by atoms with van der Waals surface area (Å²) in [6, 6.07) is -0.361. The van der Waals surface area contributed by atoms with Crippen molar-refractivity contribution in [2.45, 2.75) is 38.8 Å². The lowest BCUT2D eigenvalue weighted by Gasteiger charge is -2.37. The topological polar surface area (TPSA) is 123 Å². The first-order valence-electron chi connectivity index (χ1n) is 8.13. The number of hydrogen-bond acceptors (Lipinski definition) is 6. The predicted octanol–water partition coefficient (Wildman–Crippen LogP) is 0.885. The molecule has 1 fully saturated rings. The maximum atomic E-state index is 12.6. The van der Waals surface area contributed by atoms with Gasteiger partial charge in [0.1, 0.15) is 12.4 Å². The molecular formula is C14H22N3O7P. The van der Waals surface area contributed by atoms with Crippen LogP contribution in [0.4, 0.5) is 4.79 Å². The lowest BCUT2D eigenvalue weighted by Crippen LogP contribution is -2.44. The molecule has 2 aliphatic heterocycles. The van der Waals surface area contributed by atoms with E-state index >= 15 is 0 Å². The van der Waals surface area contributed by atoms with Gasteiger partial charge in [-0.25, -0.2) is 14.3 Å². The van der Waals surface area contributed by atoms with E-state index in [1.54, 1.807) is 4.90 Å². The Kier molecular flexibility index (Phi) is 5.06. The molecule has 3 rings (SSSR count). The largest absolute Gasteiger partial charge is 0.543 e. The normalized spacial score (nSPS) is 23.6. The molecule has 3 heterocycles. The molecular weight excluding hydrogens is 353 g/mol. The van der Waals surface area contributed by atoms with Crippen LogP contribution < -0.4 is 4.62 Å². The van der Waals surface area contributed by atoms with Crippen molar-refractivity contribution >= 4 is 13.9 Å². The van der Waals surface area contributed by atoms with Crippen molar-refractivity contribution in [2.75, 3.05) is 19.8 Å². The van der Waals surface area contributed by atoms with Crippen LogP contribution in [0.25, 0.3) is 0 Å². The van der Waals surface area contributed by atoms with E-state index in [0.717, 1.165) is 4.73 Å². The fourth-order valence-electron chi connectivity index (χ4n) is 3.25. The van der Waals surface area contributed by atoms with Gasteiger partial charge in [0.2, 0.25) is 0 Å². The van der Waals surface area contributed by atoms with Crippen LogP contribution in [-0.2, 0) is 20.5 Å². The lowest BCUT2D eigenvalue weighted by atomic mass is 9.93. The van der Waals surface area contributed by atoms with Gasteiger partial charge in [0.15, 0.2) is 0 Å². The van der Waals surface area contributed by atoms with E-state index in [9.17, 15) is 9.36 Å². The molecule has 0 spiro atoms. The number of imidazole rings is 1. The molecule has 0 unspecified atom stereocenters. The summed E-state index contributed by atoms with van der Waals surface area (Å²) in [5.74, 6) is 0.0323. The second kappa shape index (κ2) is 6.95. The molecule has 0 radical (unpaired) electrons. The number of phosphoric acid groups is 1. The molecule has 10 nitrogen and oxygen atoms in total. The van der Waals surface area contributed by atoms with Crippen molar-refractivity contribution in [3.63, 3.8) is 0 Å². The summed E-state index contributed by atoms with van der Waals surface area (Å²) in [6.45, 7) is 5.23. The molecule has 11 heteroatoms. The standard InChI is InChI=1S/C14H22N3O7P/c1-9(2)13-12-11(17(8-15-12)24-25(19,20)21)3-5-16(13)14(18)23-10-4-6-22-7-10/h8-10,13H,3-7H2,1-2H3,(H2,19,20,21)/t10-,13-/m0/s1. The van der Waals surface area contributed by atoms with Crippen molar-refractivity contribution in [3.05, 3.63) is 17.7 Å². The van der Waals surface area contributed by atoms with E-state index in [4.69, 9.17) is 19.3 Å². The molecule has 2 N–H and O–H groups in total. The molecule has 1 aromatic rings. The monoisotopic (exact) mass is 375 g/mol. The molecule has 0 aliphatic carbocycles. The van der Waals surface area contributed by atoms with Gasteiger partial charge in [-0.1, -0.05) is 13.8 Å². The van der Waals surface area contributed by atoms with Gasteiger partial charge in [-0.15, -0.1) is 0 Å². The van der Waals surface area contributed by atoms with Gasteiger partial charge < -0.3 is 14.1 Å². The molecule has 0 aromatic carbocycles. The first-order chi connectivity index (χ1) is 11.8. The molecule has 1 amide bonds. The van der Waals surface area contributed by atoms with Crippen molar-refractivity contribution in [1.29, 1.82) is 0 Å². The van der Waals surface area contributed by atoms with Gasteiger partial charge in [-0.05, 0) is 5.92 Å². The van der Waals surface area contributed by atoms with Crippen LogP contribution in [-0.4, -0.2) is 56.4 Å². The Hall–Kier alpha value is -1.61. The van der Waals surface area contributed by atoms with Crippen molar-refractivity contribution < 1.29 is 33.2 Å². The Morgan fingerprint density at radius 1 is 1.48 bits per heavy atom. The maximum absolute atomic E-state index is 12.6. The van der Waals surface area contributed by atoms with Crippen LogP contribution >= 0.6 is 7.82 Å². The third-order valence-corrected chi connectivity index (χ3v) is 4.67. The highest BCUT2D eigenvalue weighted by atomic mass is 31.2. The average molecular weight is 375 g/mol. The SMILES string of the molecule is CC(C)[C@H]1c2ncn(OP(=O)(O)O)c2CCN1C(=O)O[C@H]1CCOC1. The molecule has 2 aliphatic rings. The summed E-state index contributed by atoms with van der Waals surface area (Å²) < 4.78 is 27.5. The van der Waals surface area contributed by atoms with Gasteiger partial charge in [-0.2, -0.15) is 4.73 Å². The minimum absolute atomic E-state index is 0.0323. The molecule has 1 aromatic heterocycles. The summed E-state index contributed by atoms with van der Waals surface area (Å²) in [4.78, 5) is 36.4. The minimum Gasteiger partial charge on any atom is -0.444 e. The van der Waals surface area contributed by atoms with Crippen LogP contribution in [0.1, 0.15) is 37.7 Å².